The van der Waals surface area contributed by atoms with Gasteiger partial charge in [0, 0.05) is 0 Å². The van der Waals surface area contributed by atoms with Crippen molar-refractivity contribution in [1.29, 1.82) is 0 Å². The smallest absolute Gasteiger partial charge is 0.301 e. The van der Waals surface area contributed by atoms with Crippen LogP contribution in [0.25, 0.3) is 0 Å². The number of nitrogens with two attached hydrogens (primary N) is 1. The lowest BCUT2D eigenvalue weighted by molar-refractivity contribution is -0.120. The zero-order valence-electron chi connectivity index (χ0n) is 9.98. The second-order valence-corrected chi connectivity index (χ2v) is 5.00. The Balaban J connectivity index is 2.19. The number of hydrazone groups is 1. The van der Waals surface area contributed by atoms with E-state index in [-0.39, 0.29) is 16.5 Å². The average molecular weight is 330 g/mol. The molecule has 104 valence electrons. The van der Waals surface area contributed by atoms with Crippen molar-refractivity contribution in [2.24, 2.45) is 10.8 Å². The predicted molar refractivity (Wildman–Crippen MR) is 83.4 cm³/mol. The maximum Gasteiger partial charge on any atom is 0.301 e. The number of benzene rings is 1. The molecular formula is C11H9Cl2N5OS. The summed E-state index contributed by atoms with van der Waals surface area (Å²) >= 11 is 16.4. The van der Waals surface area contributed by atoms with Crippen LogP contribution in [-0.2, 0) is 4.79 Å². The van der Waals surface area contributed by atoms with Crippen LogP contribution in [0.1, 0.15) is 0 Å². The second-order valence-electron chi connectivity index (χ2n) is 3.77. The van der Waals surface area contributed by atoms with Crippen LogP contribution in [0.4, 0.5) is 5.69 Å². The Bertz CT molecular complexity index is 646. The van der Waals surface area contributed by atoms with E-state index < -0.39 is 5.91 Å². The van der Waals surface area contributed by atoms with E-state index in [0.717, 1.165) is 5.01 Å². The molecule has 2 rings (SSSR count). The number of halogens is 2. The minimum Gasteiger partial charge on any atom is -0.374 e. The molecule has 1 aliphatic heterocycles. The van der Waals surface area contributed by atoms with Crippen molar-refractivity contribution >= 4 is 57.8 Å². The van der Waals surface area contributed by atoms with E-state index in [4.69, 9.17) is 41.2 Å². The third-order valence-corrected chi connectivity index (χ3v) is 3.30. The normalized spacial score (nSPS) is 16.5. The molecule has 0 radical (unpaired) electrons. The lowest BCUT2D eigenvalue weighted by Gasteiger charge is -2.11. The summed E-state index contributed by atoms with van der Waals surface area (Å²) in [4.78, 5) is 11.9. The molecule has 0 aliphatic carbocycles. The number of amides is 1. The predicted octanol–water partition coefficient (Wildman–Crippen LogP) is 1.87. The topological polar surface area (TPSA) is 82.8 Å². The maximum atomic E-state index is 11.9. The van der Waals surface area contributed by atoms with Gasteiger partial charge in [-0.15, -0.1) is 0 Å². The van der Waals surface area contributed by atoms with E-state index >= 15 is 0 Å². The fourth-order valence-corrected chi connectivity index (χ4v) is 1.86. The van der Waals surface area contributed by atoms with Gasteiger partial charge in [0.2, 0.25) is 0 Å². The number of anilines is 1. The molecule has 1 saturated heterocycles. The van der Waals surface area contributed by atoms with Crippen LogP contribution in [0.2, 0.25) is 10.0 Å². The molecule has 1 heterocycles. The van der Waals surface area contributed by atoms with E-state index in [0.29, 0.717) is 15.7 Å². The maximum absolute atomic E-state index is 11.9. The van der Waals surface area contributed by atoms with Crippen LogP contribution < -0.4 is 16.6 Å². The SMILES string of the molecule is C=C1NN(C(N)=S)C(=O)/C1=N/Nc1ccc(Cl)c(Cl)c1. The molecule has 6 nitrogen and oxygen atoms in total. The third-order valence-electron chi connectivity index (χ3n) is 2.38. The van der Waals surface area contributed by atoms with E-state index in [9.17, 15) is 4.79 Å². The van der Waals surface area contributed by atoms with Crippen LogP contribution in [0.15, 0.2) is 35.6 Å². The second kappa shape index (κ2) is 5.66. The minimum absolute atomic E-state index is 0.0730. The van der Waals surface area contributed by atoms with Crippen molar-refractivity contribution in [3.8, 4) is 0 Å². The fourth-order valence-electron chi connectivity index (χ4n) is 1.43. The van der Waals surface area contributed by atoms with Crippen LogP contribution in [-0.4, -0.2) is 21.7 Å². The lowest BCUT2D eigenvalue weighted by Crippen LogP contribution is -2.43. The lowest BCUT2D eigenvalue weighted by atomic mass is 10.3. The molecule has 1 fully saturated rings. The third kappa shape index (κ3) is 2.84. The summed E-state index contributed by atoms with van der Waals surface area (Å²) in [5.74, 6) is -0.491. The van der Waals surface area contributed by atoms with Gasteiger partial charge < -0.3 is 5.73 Å². The zero-order valence-corrected chi connectivity index (χ0v) is 12.3. The summed E-state index contributed by atoms with van der Waals surface area (Å²) in [5, 5.41) is 5.61. The van der Waals surface area contributed by atoms with Gasteiger partial charge in [-0.3, -0.25) is 15.6 Å². The molecule has 1 amide bonds. The first kappa shape index (κ1) is 14.6. The Morgan fingerprint density at radius 2 is 2.15 bits per heavy atom. The summed E-state index contributed by atoms with van der Waals surface area (Å²) in [6.07, 6.45) is 0. The highest BCUT2D eigenvalue weighted by molar-refractivity contribution is 7.80. The van der Waals surface area contributed by atoms with Gasteiger partial charge in [0.1, 0.15) is 0 Å². The van der Waals surface area contributed by atoms with Crippen molar-refractivity contribution in [3.05, 3.63) is 40.5 Å². The number of hydrogen-bond acceptors (Lipinski definition) is 5. The van der Waals surface area contributed by atoms with Crippen LogP contribution >= 0.6 is 35.4 Å². The molecule has 20 heavy (non-hydrogen) atoms. The van der Waals surface area contributed by atoms with E-state index in [2.05, 4.69) is 22.5 Å². The molecule has 1 aliphatic rings. The van der Waals surface area contributed by atoms with Crippen molar-refractivity contribution in [1.82, 2.24) is 10.4 Å². The molecule has 0 unspecified atom stereocenters. The molecule has 0 spiro atoms. The molecule has 0 atom stereocenters. The van der Waals surface area contributed by atoms with Crippen molar-refractivity contribution in [2.45, 2.75) is 0 Å². The largest absolute Gasteiger partial charge is 0.374 e. The van der Waals surface area contributed by atoms with Crippen molar-refractivity contribution in [3.63, 3.8) is 0 Å². The first-order valence-electron chi connectivity index (χ1n) is 5.28. The molecule has 9 heteroatoms. The molecule has 1 aromatic carbocycles. The standard InChI is InChI=1S/C11H9Cl2N5OS/c1-5-9(10(19)18(17-5)11(14)20)16-15-6-2-3-7(12)8(13)4-6/h2-4,15,17H,1H2,(H2,14,20)/b16-9+. The number of carbonyl (C=O) groups is 1. The number of thiocarbonyl (C=S) groups is 1. The first-order chi connectivity index (χ1) is 9.40. The Morgan fingerprint density at radius 3 is 2.70 bits per heavy atom. The molecule has 1 aromatic rings. The number of nitrogens with one attached hydrogen (secondary N) is 2. The van der Waals surface area contributed by atoms with Crippen molar-refractivity contribution < 1.29 is 4.79 Å². The highest BCUT2D eigenvalue weighted by atomic mass is 35.5. The van der Waals surface area contributed by atoms with Crippen LogP contribution in [0, 0.1) is 0 Å². The summed E-state index contributed by atoms with van der Waals surface area (Å²) in [6, 6.07) is 4.85. The van der Waals surface area contributed by atoms with Gasteiger partial charge in [-0.1, -0.05) is 29.8 Å². The molecule has 0 aromatic heterocycles. The zero-order chi connectivity index (χ0) is 14.9. The molecule has 0 saturated carbocycles. The highest BCUT2D eigenvalue weighted by Gasteiger charge is 2.32. The number of rotatable bonds is 2. The number of nitrogens with zero attached hydrogens (tertiary/aromatic N) is 2. The summed E-state index contributed by atoms with van der Waals surface area (Å²) in [5.41, 5.74) is 11.6. The highest BCUT2D eigenvalue weighted by Crippen LogP contribution is 2.25. The van der Waals surface area contributed by atoms with Gasteiger partial charge in [-0.25, -0.2) is 0 Å². The summed E-state index contributed by atoms with van der Waals surface area (Å²) < 4.78 is 0. The Labute approximate surface area is 130 Å². The quantitative estimate of drug-likeness (QED) is 0.570. The van der Waals surface area contributed by atoms with Gasteiger partial charge in [-0.05, 0) is 30.4 Å². The average Bonchev–Trinajstić information content (AvgIpc) is 2.67. The van der Waals surface area contributed by atoms with Crippen LogP contribution in [0.5, 0.6) is 0 Å². The minimum atomic E-state index is -0.491. The number of hydrogen-bond donors (Lipinski definition) is 3. The van der Waals surface area contributed by atoms with Gasteiger partial charge in [0.25, 0.3) is 0 Å². The number of carbonyl (C=O) groups excluding carboxylic acids is 1. The number of hydrazine groups is 1. The molecular weight excluding hydrogens is 321 g/mol. The van der Waals surface area contributed by atoms with Crippen LogP contribution in [0.3, 0.4) is 0 Å². The van der Waals surface area contributed by atoms with Gasteiger partial charge >= 0.3 is 5.91 Å². The Hall–Kier alpha value is -1.83. The molecule has 4 N–H and O–H groups in total. The summed E-state index contributed by atoms with van der Waals surface area (Å²) in [6.45, 7) is 3.66. The van der Waals surface area contributed by atoms with Crippen molar-refractivity contribution in [2.75, 3.05) is 5.43 Å². The Morgan fingerprint density at radius 1 is 1.45 bits per heavy atom. The van der Waals surface area contributed by atoms with E-state index in [1.807, 2.05) is 0 Å². The monoisotopic (exact) mass is 329 g/mol. The van der Waals surface area contributed by atoms with E-state index in [1.165, 1.54) is 0 Å². The Kier molecular flexibility index (Phi) is 4.12. The first-order valence-corrected chi connectivity index (χ1v) is 6.45. The van der Waals surface area contributed by atoms with Gasteiger partial charge in [-0.2, -0.15) is 10.1 Å². The fraction of sp³-hybridized carbons (Fsp3) is 0. The van der Waals surface area contributed by atoms with E-state index in [1.54, 1.807) is 18.2 Å². The van der Waals surface area contributed by atoms with Gasteiger partial charge in [0.05, 0.1) is 21.4 Å². The van der Waals surface area contributed by atoms with Gasteiger partial charge in [0.15, 0.2) is 10.8 Å². The molecule has 0 bridgehead atoms. The summed E-state index contributed by atoms with van der Waals surface area (Å²) in [7, 11) is 0.